The number of hydrogen-bond donors (Lipinski definition) is 0. The SMILES string of the molecule is COC(=O)c1ccc(C[S+]([O-])c2nnc(-c3ccc(Cl)cc3)o2)cc1. The molecule has 1 atom stereocenters. The molecule has 0 amide bonds. The number of carbonyl (C=O) groups excluding carboxylic acids is 1. The Kier molecular flexibility index (Phi) is 5.37. The van der Waals surface area contributed by atoms with E-state index in [0.717, 1.165) is 5.56 Å². The zero-order chi connectivity index (χ0) is 17.8. The Morgan fingerprint density at radius 2 is 1.84 bits per heavy atom. The molecule has 25 heavy (non-hydrogen) atoms. The quantitative estimate of drug-likeness (QED) is 0.500. The summed E-state index contributed by atoms with van der Waals surface area (Å²) in [6.45, 7) is 0. The highest BCUT2D eigenvalue weighted by Crippen LogP contribution is 2.23. The summed E-state index contributed by atoms with van der Waals surface area (Å²) in [6.07, 6.45) is 0. The molecule has 2 aromatic carbocycles. The Labute approximate surface area is 152 Å². The minimum atomic E-state index is -1.49. The summed E-state index contributed by atoms with van der Waals surface area (Å²) in [5.41, 5.74) is 1.90. The average molecular weight is 377 g/mol. The molecule has 0 aliphatic rings. The number of hydrogen-bond acceptors (Lipinski definition) is 6. The van der Waals surface area contributed by atoms with Crippen LogP contribution in [0.3, 0.4) is 0 Å². The highest BCUT2D eigenvalue weighted by molar-refractivity contribution is 7.90. The van der Waals surface area contributed by atoms with E-state index in [4.69, 9.17) is 16.0 Å². The van der Waals surface area contributed by atoms with Crippen molar-refractivity contribution in [2.24, 2.45) is 0 Å². The lowest BCUT2D eigenvalue weighted by Gasteiger charge is -2.06. The molecule has 1 unspecified atom stereocenters. The fourth-order valence-electron chi connectivity index (χ4n) is 2.08. The molecule has 0 aliphatic carbocycles. The van der Waals surface area contributed by atoms with Gasteiger partial charge >= 0.3 is 11.2 Å². The Morgan fingerprint density at radius 1 is 1.16 bits per heavy atom. The van der Waals surface area contributed by atoms with Crippen molar-refractivity contribution in [2.75, 3.05) is 7.11 Å². The van der Waals surface area contributed by atoms with E-state index in [9.17, 15) is 9.35 Å². The van der Waals surface area contributed by atoms with E-state index in [1.807, 2.05) is 0 Å². The second-order valence-electron chi connectivity index (χ2n) is 5.06. The highest BCUT2D eigenvalue weighted by Gasteiger charge is 2.21. The van der Waals surface area contributed by atoms with Crippen LogP contribution < -0.4 is 0 Å². The second-order valence-corrected chi connectivity index (χ2v) is 6.82. The summed E-state index contributed by atoms with van der Waals surface area (Å²) >= 11 is 4.35. The van der Waals surface area contributed by atoms with Crippen LogP contribution in [0.25, 0.3) is 11.5 Å². The van der Waals surface area contributed by atoms with Gasteiger partial charge in [-0.15, -0.1) is 5.10 Å². The van der Waals surface area contributed by atoms with Crippen molar-refractivity contribution in [1.82, 2.24) is 10.2 Å². The largest absolute Gasteiger partial charge is 0.607 e. The molecule has 8 heteroatoms. The fourth-order valence-corrected chi connectivity index (χ4v) is 3.13. The highest BCUT2D eigenvalue weighted by atomic mass is 35.5. The van der Waals surface area contributed by atoms with Crippen LogP contribution in [0, 0.1) is 0 Å². The van der Waals surface area contributed by atoms with Gasteiger partial charge in [0.1, 0.15) is 5.75 Å². The first-order valence-electron chi connectivity index (χ1n) is 7.22. The van der Waals surface area contributed by atoms with E-state index >= 15 is 0 Å². The molecule has 3 aromatic rings. The van der Waals surface area contributed by atoms with Crippen molar-refractivity contribution >= 4 is 28.7 Å². The van der Waals surface area contributed by atoms with Gasteiger partial charge in [0, 0.05) is 16.1 Å². The van der Waals surface area contributed by atoms with E-state index in [2.05, 4.69) is 14.9 Å². The van der Waals surface area contributed by atoms with Crippen LogP contribution in [-0.4, -0.2) is 27.8 Å². The molecule has 0 bridgehead atoms. The predicted molar refractivity (Wildman–Crippen MR) is 92.6 cm³/mol. The maximum absolute atomic E-state index is 12.4. The van der Waals surface area contributed by atoms with E-state index in [0.29, 0.717) is 16.1 Å². The zero-order valence-corrected chi connectivity index (χ0v) is 14.7. The van der Waals surface area contributed by atoms with Gasteiger partial charge in [-0.1, -0.05) is 28.8 Å². The van der Waals surface area contributed by atoms with Gasteiger partial charge in [0.15, 0.2) is 0 Å². The van der Waals surface area contributed by atoms with E-state index < -0.39 is 17.1 Å². The molecule has 0 radical (unpaired) electrons. The van der Waals surface area contributed by atoms with Gasteiger partial charge in [-0.25, -0.2) is 4.79 Å². The van der Waals surface area contributed by atoms with Gasteiger partial charge in [-0.3, -0.25) is 0 Å². The summed E-state index contributed by atoms with van der Waals surface area (Å²) in [6, 6.07) is 13.6. The monoisotopic (exact) mass is 376 g/mol. The molecule has 3 rings (SSSR count). The minimum Gasteiger partial charge on any atom is -0.607 e. The van der Waals surface area contributed by atoms with Gasteiger partial charge in [0.05, 0.1) is 23.8 Å². The number of esters is 1. The van der Waals surface area contributed by atoms with Crippen molar-refractivity contribution in [2.45, 2.75) is 11.0 Å². The third-order valence-electron chi connectivity index (χ3n) is 3.37. The van der Waals surface area contributed by atoms with E-state index in [1.165, 1.54) is 7.11 Å². The lowest BCUT2D eigenvalue weighted by molar-refractivity contribution is 0.0600. The summed E-state index contributed by atoms with van der Waals surface area (Å²) in [5.74, 6) is 0.0576. The van der Waals surface area contributed by atoms with Crippen molar-refractivity contribution in [3.63, 3.8) is 0 Å². The Morgan fingerprint density at radius 3 is 2.48 bits per heavy atom. The number of carbonyl (C=O) groups is 1. The van der Waals surface area contributed by atoms with Crippen LogP contribution in [-0.2, 0) is 21.7 Å². The number of aromatic nitrogens is 2. The molecule has 0 N–H and O–H groups in total. The molecule has 1 heterocycles. The number of nitrogens with zero attached hydrogens (tertiary/aromatic N) is 2. The predicted octanol–water partition coefficient (Wildman–Crippen LogP) is 3.48. The molecule has 0 spiro atoms. The molecule has 128 valence electrons. The van der Waals surface area contributed by atoms with Crippen molar-refractivity contribution in [3.05, 3.63) is 64.7 Å². The zero-order valence-electron chi connectivity index (χ0n) is 13.1. The van der Waals surface area contributed by atoms with Crippen molar-refractivity contribution in [1.29, 1.82) is 0 Å². The van der Waals surface area contributed by atoms with Gasteiger partial charge in [-0.05, 0) is 36.4 Å². The maximum atomic E-state index is 12.4. The Bertz CT molecular complexity index is 865. The van der Waals surface area contributed by atoms with Crippen LogP contribution >= 0.6 is 11.6 Å². The molecule has 0 saturated heterocycles. The maximum Gasteiger partial charge on any atom is 0.436 e. The third-order valence-corrected chi connectivity index (χ3v) is 4.77. The van der Waals surface area contributed by atoms with Gasteiger partial charge in [0.2, 0.25) is 0 Å². The lowest BCUT2D eigenvalue weighted by atomic mass is 10.1. The summed E-state index contributed by atoms with van der Waals surface area (Å²) in [4.78, 5) is 11.4. The van der Waals surface area contributed by atoms with Gasteiger partial charge < -0.3 is 13.7 Å². The topological polar surface area (TPSA) is 88.3 Å². The minimum absolute atomic E-state index is 0.0435. The van der Waals surface area contributed by atoms with Crippen molar-refractivity contribution < 1.29 is 18.5 Å². The summed E-state index contributed by atoms with van der Waals surface area (Å²) < 4.78 is 22.5. The summed E-state index contributed by atoms with van der Waals surface area (Å²) in [7, 11) is 1.32. The number of benzene rings is 2. The summed E-state index contributed by atoms with van der Waals surface area (Å²) in [5, 5.41) is 8.40. The van der Waals surface area contributed by atoms with E-state index in [-0.39, 0.29) is 16.9 Å². The van der Waals surface area contributed by atoms with Crippen LogP contribution in [0.2, 0.25) is 5.02 Å². The molecule has 1 aromatic heterocycles. The third kappa shape index (κ3) is 4.19. The molecular weight excluding hydrogens is 364 g/mol. The molecular formula is C17H13ClN2O4S. The van der Waals surface area contributed by atoms with Gasteiger partial charge in [0.25, 0.3) is 5.89 Å². The number of halogens is 1. The van der Waals surface area contributed by atoms with Crippen LogP contribution in [0.15, 0.2) is 58.2 Å². The lowest BCUT2D eigenvalue weighted by Crippen LogP contribution is -2.06. The van der Waals surface area contributed by atoms with Crippen LogP contribution in [0.5, 0.6) is 0 Å². The van der Waals surface area contributed by atoms with Crippen LogP contribution in [0.1, 0.15) is 15.9 Å². The van der Waals surface area contributed by atoms with E-state index in [1.54, 1.807) is 48.5 Å². The number of ether oxygens (including phenoxy) is 1. The molecule has 0 saturated carbocycles. The number of methoxy groups -OCH3 is 1. The van der Waals surface area contributed by atoms with Crippen molar-refractivity contribution in [3.8, 4) is 11.5 Å². The molecule has 0 aliphatic heterocycles. The van der Waals surface area contributed by atoms with Crippen LogP contribution in [0.4, 0.5) is 0 Å². The average Bonchev–Trinajstić information content (AvgIpc) is 3.12. The standard InChI is InChI=1S/C17H13ClN2O4S/c1-23-16(21)13-4-2-11(3-5-13)10-25(22)17-20-19-15(24-17)12-6-8-14(18)9-7-12/h2-9H,10H2,1H3. The molecule has 6 nitrogen and oxygen atoms in total. The second kappa shape index (κ2) is 7.69. The molecule has 0 fully saturated rings. The smallest absolute Gasteiger partial charge is 0.436 e. The Hall–Kier alpha value is -2.35. The fraction of sp³-hybridized carbons (Fsp3) is 0.118. The van der Waals surface area contributed by atoms with Gasteiger partial charge in [-0.2, -0.15) is 0 Å². The normalized spacial score (nSPS) is 12.0. The Balaban J connectivity index is 1.70. The number of rotatable bonds is 5. The first kappa shape index (κ1) is 17.5. The first-order valence-corrected chi connectivity index (χ1v) is 8.91. The first-order chi connectivity index (χ1) is 12.1.